The van der Waals surface area contributed by atoms with Crippen LogP contribution in [-0.4, -0.2) is 28.5 Å². The molecule has 1 aromatic heterocycles. The second kappa shape index (κ2) is 8.18. The Morgan fingerprint density at radius 3 is 2.76 bits per heavy atom. The van der Waals surface area contributed by atoms with Gasteiger partial charge in [0.25, 0.3) is 0 Å². The van der Waals surface area contributed by atoms with Crippen LogP contribution in [-0.2, 0) is 11.2 Å². The van der Waals surface area contributed by atoms with E-state index in [1.807, 2.05) is 0 Å². The van der Waals surface area contributed by atoms with Gasteiger partial charge in [0.2, 0.25) is 5.91 Å². The van der Waals surface area contributed by atoms with Gasteiger partial charge in [-0.3, -0.25) is 14.8 Å². The molecule has 2 aromatic carbocycles. The summed E-state index contributed by atoms with van der Waals surface area (Å²) in [5.74, 6) is -0.441. The quantitative estimate of drug-likeness (QED) is 0.674. The van der Waals surface area contributed by atoms with E-state index in [1.54, 1.807) is 30.6 Å². The lowest BCUT2D eigenvalue weighted by atomic mass is 10.0. The molecule has 0 bridgehead atoms. The fourth-order valence-electron chi connectivity index (χ4n) is 3.16. The van der Waals surface area contributed by atoms with E-state index in [2.05, 4.69) is 15.3 Å². The Hall–Kier alpha value is -3.61. The molecular weight excluding hydrogens is 376 g/mol. The summed E-state index contributed by atoms with van der Waals surface area (Å²) in [5.41, 5.74) is 2.51. The Morgan fingerprint density at radius 2 is 2.00 bits per heavy atom. The lowest BCUT2D eigenvalue weighted by Gasteiger charge is -2.12. The van der Waals surface area contributed by atoms with Crippen molar-refractivity contribution in [3.05, 3.63) is 83.8 Å². The number of carbonyl (C=O) groups is 1. The van der Waals surface area contributed by atoms with Gasteiger partial charge in [-0.2, -0.15) is 0 Å². The summed E-state index contributed by atoms with van der Waals surface area (Å²) < 4.78 is 32.9. The van der Waals surface area contributed by atoms with Gasteiger partial charge in [-0.1, -0.05) is 12.1 Å². The molecule has 0 saturated heterocycles. The van der Waals surface area contributed by atoms with E-state index in [9.17, 15) is 13.6 Å². The van der Waals surface area contributed by atoms with Crippen molar-refractivity contribution in [2.24, 2.45) is 0 Å². The van der Waals surface area contributed by atoms with Gasteiger partial charge in [0.05, 0.1) is 18.4 Å². The Balaban J connectivity index is 1.40. The molecule has 1 amide bonds. The SMILES string of the molecule is O=C(/C=C/c1ccc(F)cc1)NC[C@H]1Cc2cc(F)cc(-c3cnccn3)c2O1. The van der Waals surface area contributed by atoms with Crippen molar-refractivity contribution in [2.45, 2.75) is 12.5 Å². The maximum absolute atomic E-state index is 14.0. The van der Waals surface area contributed by atoms with Crippen LogP contribution in [0.2, 0.25) is 0 Å². The van der Waals surface area contributed by atoms with Crippen LogP contribution in [0.25, 0.3) is 17.3 Å². The first-order chi connectivity index (χ1) is 14.1. The van der Waals surface area contributed by atoms with Gasteiger partial charge in [-0.15, -0.1) is 0 Å². The van der Waals surface area contributed by atoms with Crippen molar-refractivity contribution < 1.29 is 18.3 Å². The minimum absolute atomic E-state index is 0.267. The van der Waals surface area contributed by atoms with Gasteiger partial charge >= 0.3 is 0 Å². The van der Waals surface area contributed by atoms with Gasteiger partial charge in [0.1, 0.15) is 23.5 Å². The monoisotopic (exact) mass is 393 g/mol. The van der Waals surface area contributed by atoms with E-state index in [-0.39, 0.29) is 30.2 Å². The van der Waals surface area contributed by atoms with E-state index >= 15 is 0 Å². The van der Waals surface area contributed by atoms with Crippen LogP contribution in [0.3, 0.4) is 0 Å². The number of aromatic nitrogens is 2. The zero-order valence-electron chi connectivity index (χ0n) is 15.3. The Labute approximate surface area is 166 Å². The molecule has 4 rings (SSSR count). The topological polar surface area (TPSA) is 64.1 Å². The smallest absolute Gasteiger partial charge is 0.244 e. The standard InChI is InChI=1S/C22H17F2N3O2/c23-16-4-1-14(2-5-16)3-6-21(28)27-12-18-10-15-9-17(24)11-19(22(15)29-18)20-13-25-7-8-26-20/h1-9,11,13,18H,10,12H2,(H,27,28)/b6-3+/t18-/m1/s1. The molecule has 146 valence electrons. The zero-order valence-corrected chi connectivity index (χ0v) is 15.3. The van der Waals surface area contributed by atoms with Crippen LogP contribution < -0.4 is 10.1 Å². The third-order valence-electron chi connectivity index (χ3n) is 4.50. The molecule has 0 aliphatic carbocycles. The van der Waals surface area contributed by atoms with Gasteiger partial charge in [0, 0.05) is 36.0 Å². The number of hydrogen-bond donors (Lipinski definition) is 1. The zero-order chi connectivity index (χ0) is 20.2. The van der Waals surface area contributed by atoms with E-state index in [0.717, 1.165) is 11.1 Å². The molecular formula is C22H17F2N3O2. The van der Waals surface area contributed by atoms with Gasteiger partial charge < -0.3 is 10.1 Å². The van der Waals surface area contributed by atoms with Crippen molar-refractivity contribution in [3.63, 3.8) is 0 Å². The molecule has 0 fully saturated rings. The molecule has 2 heterocycles. The van der Waals surface area contributed by atoms with Crippen molar-refractivity contribution in [1.29, 1.82) is 0 Å². The van der Waals surface area contributed by atoms with Crippen molar-refractivity contribution in [2.75, 3.05) is 6.54 Å². The highest BCUT2D eigenvalue weighted by atomic mass is 19.1. The molecule has 29 heavy (non-hydrogen) atoms. The normalized spacial score (nSPS) is 15.2. The van der Waals surface area contributed by atoms with E-state index < -0.39 is 0 Å². The molecule has 1 atom stereocenters. The lowest BCUT2D eigenvalue weighted by molar-refractivity contribution is -0.116. The maximum Gasteiger partial charge on any atom is 0.244 e. The molecule has 0 saturated carbocycles. The van der Waals surface area contributed by atoms with Crippen LogP contribution in [0, 0.1) is 11.6 Å². The van der Waals surface area contributed by atoms with Crippen molar-refractivity contribution in [3.8, 4) is 17.0 Å². The third kappa shape index (κ3) is 4.45. The van der Waals surface area contributed by atoms with Crippen LogP contribution in [0.15, 0.2) is 61.1 Å². The maximum atomic E-state index is 14.0. The first-order valence-electron chi connectivity index (χ1n) is 9.05. The number of hydrogen-bond acceptors (Lipinski definition) is 4. The summed E-state index contributed by atoms with van der Waals surface area (Å²) in [6.07, 6.45) is 7.76. The van der Waals surface area contributed by atoms with Crippen LogP contribution in [0.4, 0.5) is 8.78 Å². The number of benzene rings is 2. The average molecular weight is 393 g/mol. The van der Waals surface area contributed by atoms with Gasteiger partial charge in [-0.25, -0.2) is 8.78 Å². The number of rotatable bonds is 5. The second-order valence-corrected chi connectivity index (χ2v) is 6.61. The van der Waals surface area contributed by atoms with Gasteiger partial charge in [0.15, 0.2) is 0 Å². The Bertz CT molecular complexity index is 1050. The number of amides is 1. The van der Waals surface area contributed by atoms with E-state index in [1.165, 1.54) is 36.5 Å². The molecule has 0 unspecified atom stereocenters. The number of nitrogens with zero attached hydrogens (tertiary/aromatic N) is 2. The lowest BCUT2D eigenvalue weighted by Crippen LogP contribution is -2.33. The first kappa shape index (κ1) is 18.7. The summed E-state index contributed by atoms with van der Waals surface area (Å²) in [6.45, 7) is 0.267. The molecule has 5 nitrogen and oxygen atoms in total. The molecule has 1 aliphatic heterocycles. The predicted molar refractivity (Wildman–Crippen MR) is 104 cm³/mol. The molecule has 1 N–H and O–H groups in total. The van der Waals surface area contributed by atoms with Crippen LogP contribution in [0.1, 0.15) is 11.1 Å². The molecule has 1 aliphatic rings. The highest BCUT2D eigenvalue weighted by Crippen LogP contribution is 2.38. The second-order valence-electron chi connectivity index (χ2n) is 6.61. The Morgan fingerprint density at radius 1 is 1.17 bits per heavy atom. The molecule has 3 aromatic rings. The summed E-state index contributed by atoms with van der Waals surface area (Å²) in [7, 11) is 0. The van der Waals surface area contributed by atoms with Gasteiger partial charge in [-0.05, 0) is 35.9 Å². The number of fused-ring (bicyclic) bond motifs is 1. The third-order valence-corrected chi connectivity index (χ3v) is 4.50. The van der Waals surface area contributed by atoms with E-state index in [0.29, 0.717) is 23.4 Å². The van der Waals surface area contributed by atoms with Crippen molar-refractivity contribution >= 4 is 12.0 Å². The number of nitrogens with one attached hydrogen (secondary N) is 1. The fourth-order valence-corrected chi connectivity index (χ4v) is 3.16. The fraction of sp³-hybridized carbons (Fsp3) is 0.136. The summed E-state index contributed by atoms with van der Waals surface area (Å²) in [6, 6.07) is 8.63. The first-order valence-corrected chi connectivity index (χ1v) is 9.05. The molecule has 0 radical (unpaired) electrons. The highest BCUT2D eigenvalue weighted by Gasteiger charge is 2.27. The summed E-state index contributed by atoms with van der Waals surface area (Å²) >= 11 is 0. The average Bonchev–Trinajstić information content (AvgIpc) is 3.14. The minimum atomic E-state index is -0.375. The van der Waals surface area contributed by atoms with Crippen molar-refractivity contribution in [1.82, 2.24) is 15.3 Å². The number of ether oxygens (including phenoxy) is 1. The number of halogens is 2. The largest absolute Gasteiger partial charge is 0.487 e. The Kier molecular flexibility index (Phi) is 5.29. The summed E-state index contributed by atoms with van der Waals surface area (Å²) in [4.78, 5) is 20.3. The molecule has 7 heteroatoms. The minimum Gasteiger partial charge on any atom is -0.487 e. The highest BCUT2D eigenvalue weighted by molar-refractivity contribution is 5.91. The molecule has 0 spiro atoms. The predicted octanol–water partition coefficient (Wildman–Crippen LogP) is 3.55. The van der Waals surface area contributed by atoms with Crippen LogP contribution in [0.5, 0.6) is 5.75 Å². The van der Waals surface area contributed by atoms with Crippen LogP contribution >= 0.6 is 0 Å². The van der Waals surface area contributed by atoms with E-state index in [4.69, 9.17) is 4.74 Å². The number of carbonyl (C=O) groups excluding carboxylic acids is 1. The summed E-state index contributed by atoms with van der Waals surface area (Å²) in [5, 5.41) is 2.77.